The summed E-state index contributed by atoms with van der Waals surface area (Å²) in [5, 5.41) is 13.7. The smallest absolute Gasteiger partial charge is 0.311 e. The molecular weight excluding hydrogens is 306 g/mol. The molecule has 2 aliphatic rings. The number of fused-ring (bicyclic) bond motifs is 1. The number of carboxylic acids is 1. The lowest BCUT2D eigenvalue weighted by atomic mass is 9.81. The van der Waals surface area contributed by atoms with Crippen molar-refractivity contribution in [3.63, 3.8) is 0 Å². The molecule has 1 saturated carbocycles. The molecule has 1 aliphatic heterocycles. The number of carbonyl (C=O) groups is 1. The summed E-state index contributed by atoms with van der Waals surface area (Å²) < 4.78 is 5.36. The van der Waals surface area contributed by atoms with Gasteiger partial charge in [0.2, 0.25) is 5.89 Å². The van der Waals surface area contributed by atoms with E-state index in [9.17, 15) is 9.90 Å². The van der Waals surface area contributed by atoms with E-state index >= 15 is 0 Å². The van der Waals surface area contributed by atoms with E-state index in [1.54, 1.807) is 0 Å². The van der Waals surface area contributed by atoms with Crippen molar-refractivity contribution in [2.75, 3.05) is 13.1 Å². The van der Waals surface area contributed by atoms with Crippen LogP contribution < -0.4 is 0 Å². The lowest BCUT2D eigenvalue weighted by Gasteiger charge is -2.23. The predicted octanol–water partition coefficient (Wildman–Crippen LogP) is 2.35. The summed E-state index contributed by atoms with van der Waals surface area (Å²) in [7, 11) is 0. The molecule has 1 aromatic carbocycles. The normalized spacial score (nSPS) is 26.6. The van der Waals surface area contributed by atoms with Gasteiger partial charge in [0.25, 0.3) is 0 Å². The Labute approximate surface area is 140 Å². The van der Waals surface area contributed by atoms with Gasteiger partial charge >= 0.3 is 5.97 Å². The van der Waals surface area contributed by atoms with Gasteiger partial charge in [0.1, 0.15) is 0 Å². The van der Waals surface area contributed by atoms with Gasteiger partial charge in [-0.25, -0.2) is 0 Å². The third kappa shape index (κ3) is 2.71. The van der Waals surface area contributed by atoms with E-state index in [0.29, 0.717) is 31.2 Å². The van der Waals surface area contributed by atoms with Crippen LogP contribution in [0.4, 0.5) is 0 Å². The van der Waals surface area contributed by atoms with E-state index < -0.39 is 11.4 Å². The molecule has 6 nitrogen and oxygen atoms in total. The Morgan fingerprint density at radius 3 is 2.96 bits per heavy atom. The second kappa shape index (κ2) is 6.02. The third-order valence-electron chi connectivity index (χ3n) is 5.44. The summed E-state index contributed by atoms with van der Waals surface area (Å²) in [6.07, 6.45) is 3.46. The van der Waals surface area contributed by atoms with Crippen molar-refractivity contribution in [1.82, 2.24) is 15.0 Å². The average Bonchev–Trinajstić information content (AvgIpc) is 3.23. The minimum absolute atomic E-state index is 0.252. The van der Waals surface area contributed by atoms with Gasteiger partial charge in [-0.3, -0.25) is 9.69 Å². The number of benzene rings is 1. The Hall–Kier alpha value is -2.21. The van der Waals surface area contributed by atoms with Crippen LogP contribution in [0.5, 0.6) is 0 Å². The van der Waals surface area contributed by atoms with Gasteiger partial charge < -0.3 is 9.63 Å². The zero-order valence-corrected chi connectivity index (χ0v) is 13.5. The van der Waals surface area contributed by atoms with E-state index in [-0.39, 0.29) is 5.92 Å². The van der Waals surface area contributed by atoms with Crippen molar-refractivity contribution in [3.05, 3.63) is 47.6 Å². The first-order valence-corrected chi connectivity index (χ1v) is 8.47. The molecule has 6 heteroatoms. The maximum absolute atomic E-state index is 11.7. The molecule has 24 heavy (non-hydrogen) atoms. The third-order valence-corrected chi connectivity index (χ3v) is 5.44. The van der Waals surface area contributed by atoms with Crippen molar-refractivity contribution in [2.45, 2.75) is 32.2 Å². The monoisotopic (exact) mass is 327 g/mol. The Morgan fingerprint density at radius 2 is 2.21 bits per heavy atom. The fourth-order valence-electron chi connectivity index (χ4n) is 4.26. The Morgan fingerprint density at radius 1 is 1.38 bits per heavy atom. The number of aliphatic carboxylic acids is 1. The van der Waals surface area contributed by atoms with Gasteiger partial charge in [-0.15, -0.1) is 0 Å². The van der Waals surface area contributed by atoms with Crippen LogP contribution in [0.2, 0.25) is 0 Å². The van der Waals surface area contributed by atoms with Gasteiger partial charge in [-0.2, -0.15) is 4.98 Å². The molecule has 4 rings (SSSR count). The highest BCUT2D eigenvalue weighted by molar-refractivity contribution is 5.76. The highest BCUT2D eigenvalue weighted by Crippen LogP contribution is 2.49. The molecule has 0 unspecified atom stereocenters. The summed E-state index contributed by atoms with van der Waals surface area (Å²) in [5.74, 6) is 0.842. The lowest BCUT2D eigenvalue weighted by molar-refractivity contribution is -0.149. The van der Waals surface area contributed by atoms with Crippen molar-refractivity contribution < 1.29 is 14.4 Å². The van der Waals surface area contributed by atoms with Crippen molar-refractivity contribution in [3.8, 4) is 0 Å². The highest BCUT2D eigenvalue weighted by Gasteiger charge is 2.54. The number of hydrogen-bond acceptors (Lipinski definition) is 5. The minimum Gasteiger partial charge on any atom is -0.481 e. The maximum atomic E-state index is 11.7. The van der Waals surface area contributed by atoms with Crippen LogP contribution in [0.3, 0.4) is 0 Å². The number of hydrogen-bond donors (Lipinski definition) is 1. The molecule has 0 spiro atoms. The van der Waals surface area contributed by atoms with E-state index in [2.05, 4.69) is 15.0 Å². The fourth-order valence-corrected chi connectivity index (χ4v) is 4.26. The molecule has 0 amide bonds. The Bertz CT molecular complexity index is 730. The van der Waals surface area contributed by atoms with Crippen molar-refractivity contribution in [2.24, 2.45) is 11.3 Å². The molecule has 0 bridgehead atoms. The minimum atomic E-state index is -0.650. The maximum Gasteiger partial charge on any atom is 0.311 e. The molecule has 1 aromatic heterocycles. The second-order valence-corrected chi connectivity index (χ2v) is 6.99. The predicted molar refractivity (Wildman–Crippen MR) is 86.2 cm³/mol. The fraction of sp³-hybridized carbons (Fsp3) is 0.500. The average molecular weight is 327 g/mol. The molecule has 0 radical (unpaired) electrons. The molecule has 2 fully saturated rings. The molecule has 2 atom stereocenters. The zero-order chi connectivity index (χ0) is 16.6. The van der Waals surface area contributed by atoms with E-state index in [4.69, 9.17) is 4.52 Å². The van der Waals surface area contributed by atoms with Crippen LogP contribution in [0.25, 0.3) is 0 Å². The van der Waals surface area contributed by atoms with Crippen LogP contribution in [0, 0.1) is 11.3 Å². The lowest BCUT2D eigenvalue weighted by Crippen LogP contribution is -2.35. The van der Waals surface area contributed by atoms with Crippen LogP contribution in [-0.2, 0) is 17.8 Å². The van der Waals surface area contributed by atoms with Gasteiger partial charge in [0.05, 0.1) is 12.0 Å². The topological polar surface area (TPSA) is 79.5 Å². The molecule has 2 heterocycles. The SMILES string of the molecule is O=C(O)[C@@]12CCC[C@H]1CN(Cc1nc(Cc3ccccc3)no1)C2. The number of likely N-dealkylation sites (tertiary alicyclic amines) is 1. The van der Waals surface area contributed by atoms with Gasteiger partial charge in [0, 0.05) is 19.5 Å². The van der Waals surface area contributed by atoms with Crippen molar-refractivity contribution >= 4 is 5.97 Å². The standard InChI is InChI=1S/C18H21N3O3/c22-17(23)18-8-4-7-14(18)10-21(12-18)11-16-19-15(20-24-16)9-13-5-2-1-3-6-13/h1-3,5-6,14H,4,7-12H2,(H,22,23)/t14-,18+/m0/s1. The summed E-state index contributed by atoms with van der Waals surface area (Å²) in [5.41, 5.74) is 0.581. The van der Waals surface area contributed by atoms with Crippen LogP contribution in [-0.4, -0.2) is 39.2 Å². The summed E-state index contributed by atoms with van der Waals surface area (Å²) >= 11 is 0. The van der Waals surface area contributed by atoms with Gasteiger partial charge in [0.15, 0.2) is 5.82 Å². The molecule has 1 aliphatic carbocycles. The van der Waals surface area contributed by atoms with Crippen LogP contribution in [0.1, 0.15) is 36.5 Å². The molecular formula is C18H21N3O3. The highest BCUT2D eigenvalue weighted by atomic mass is 16.5. The van der Waals surface area contributed by atoms with Crippen molar-refractivity contribution in [1.29, 1.82) is 0 Å². The zero-order valence-electron chi connectivity index (χ0n) is 13.5. The van der Waals surface area contributed by atoms with Gasteiger partial charge in [-0.1, -0.05) is 41.9 Å². The number of nitrogens with zero attached hydrogens (tertiary/aromatic N) is 3. The van der Waals surface area contributed by atoms with E-state index in [1.165, 1.54) is 0 Å². The first-order valence-electron chi connectivity index (χ1n) is 8.47. The Balaban J connectivity index is 1.41. The number of aromatic nitrogens is 2. The van der Waals surface area contributed by atoms with E-state index in [1.807, 2.05) is 30.3 Å². The summed E-state index contributed by atoms with van der Waals surface area (Å²) in [6, 6.07) is 10.0. The first-order chi connectivity index (χ1) is 11.7. The molecule has 126 valence electrons. The second-order valence-electron chi connectivity index (χ2n) is 6.99. The van der Waals surface area contributed by atoms with Crippen LogP contribution in [0.15, 0.2) is 34.9 Å². The molecule has 2 aromatic rings. The number of rotatable bonds is 5. The molecule has 1 saturated heterocycles. The van der Waals surface area contributed by atoms with Crippen LogP contribution >= 0.6 is 0 Å². The van der Waals surface area contributed by atoms with Gasteiger partial charge in [-0.05, 0) is 24.3 Å². The quantitative estimate of drug-likeness (QED) is 0.908. The number of carboxylic acid groups (broad SMARTS) is 1. The Kier molecular flexibility index (Phi) is 3.84. The largest absolute Gasteiger partial charge is 0.481 e. The molecule has 1 N–H and O–H groups in total. The first kappa shape index (κ1) is 15.3. The summed E-state index contributed by atoms with van der Waals surface area (Å²) in [4.78, 5) is 18.3. The summed E-state index contributed by atoms with van der Waals surface area (Å²) in [6.45, 7) is 1.93. The van der Waals surface area contributed by atoms with E-state index in [0.717, 1.165) is 31.4 Å².